The summed E-state index contributed by atoms with van der Waals surface area (Å²) in [6, 6.07) is 0. The Morgan fingerprint density at radius 2 is 2.19 bits per heavy atom. The van der Waals surface area contributed by atoms with Crippen LogP contribution >= 0.6 is 11.8 Å². The molecule has 0 aromatic rings. The zero-order chi connectivity index (χ0) is 11.9. The van der Waals surface area contributed by atoms with Gasteiger partial charge in [0, 0.05) is 5.71 Å². The van der Waals surface area contributed by atoms with Crippen LogP contribution in [0.15, 0.2) is 27.8 Å². The Kier molecular flexibility index (Phi) is 2.90. The highest BCUT2D eigenvalue weighted by Gasteiger charge is 2.37. The van der Waals surface area contributed by atoms with Gasteiger partial charge in [0.25, 0.3) is 5.91 Å². The van der Waals surface area contributed by atoms with Gasteiger partial charge in [0.05, 0.1) is 0 Å². The van der Waals surface area contributed by atoms with Crippen LogP contribution in [0, 0.1) is 0 Å². The lowest BCUT2D eigenvalue weighted by atomic mass is 9.97. The fourth-order valence-corrected chi connectivity index (χ4v) is 3.70. The van der Waals surface area contributed by atoms with Gasteiger partial charge in [-0.1, -0.05) is 0 Å². The van der Waals surface area contributed by atoms with Crippen LogP contribution in [0.2, 0.25) is 0 Å². The van der Waals surface area contributed by atoms with Gasteiger partial charge in [-0.15, -0.1) is 11.8 Å². The van der Waals surface area contributed by atoms with E-state index in [1.807, 2.05) is 13.8 Å². The van der Waals surface area contributed by atoms with Gasteiger partial charge < -0.3 is 0 Å². The third-order valence-electron chi connectivity index (χ3n) is 2.88. The molecule has 2 unspecified atom stereocenters. The van der Waals surface area contributed by atoms with Crippen molar-refractivity contribution < 1.29 is 4.79 Å². The second kappa shape index (κ2) is 4.07. The maximum absolute atomic E-state index is 11.6. The second-order valence-corrected chi connectivity index (χ2v) is 5.26. The Labute approximate surface area is 99.0 Å². The lowest BCUT2D eigenvalue weighted by molar-refractivity contribution is -0.120. The predicted molar refractivity (Wildman–Crippen MR) is 67.1 cm³/mol. The number of carbonyl (C=O) groups excluding carboxylic acids is 1. The van der Waals surface area contributed by atoms with Crippen LogP contribution in [0.5, 0.6) is 0 Å². The van der Waals surface area contributed by atoms with Gasteiger partial charge in [0.1, 0.15) is 10.6 Å². The number of aliphatic imine (C=N–C) groups is 1. The predicted octanol–water partition coefficient (Wildman–Crippen LogP) is 1.16. The Morgan fingerprint density at radius 3 is 2.81 bits per heavy atom. The van der Waals surface area contributed by atoms with Gasteiger partial charge >= 0.3 is 0 Å². The van der Waals surface area contributed by atoms with Crippen molar-refractivity contribution in [2.45, 2.75) is 31.4 Å². The Balaban J connectivity index is 2.38. The minimum Gasteiger partial charge on any atom is -0.293 e. The zero-order valence-corrected chi connectivity index (χ0v) is 10.4. The number of dihydropyridines is 1. The summed E-state index contributed by atoms with van der Waals surface area (Å²) in [4.78, 5) is 16.1. The summed E-state index contributed by atoms with van der Waals surface area (Å²) in [5.41, 5.74) is 6.69. The van der Waals surface area contributed by atoms with Gasteiger partial charge in [0.15, 0.2) is 0 Å². The van der Waals surface area contributed by atoms with Crippen LogP contribution in [0.4, 0.5) is 0 Å². The first-order valence-corrected chi connectivity index (χ1v) is 6.08. The number of hydrazine groups is 1. The second-order valence-electron chi connectivity index (χ2n) is 4.07. The van der Waals surface area contributed by atoms with Crippen molar-refractivity contribution in [3.05, 3.63) is 22.8 Å². The molecule has 86 valence electrons. The number of nitrogens with two attached hydrogens (primary N) is 1. The molecule has 0 saturated carbocycles. The summed E-state index contributed by atoms with van der Waals surface area (Å²) >= 11 is 1.55. The topological polar surface area (TPSA) is 67.5 Å². The van der Waals surface area contributed by atoms with Crippen LogP contribution in [-0.2, 0) is 4.79 Å². The number of nitrogens with zero attached hydrogens (tertiary/aromatic N) is 1. The molecule has 4 nitrogen and oxygen atoms in total. The molecule has 1 amide bonds. The molecule has 16 heavy (non-hydrogen) atoms. The number of fused-ring (bicyclic) bond motifs is 1. The van der Waals surface area contributed by atoms with E-state index in [1.165, 1.54) is 11.1 Å². The first-order valence-electron chi connectivity index (χ1n) is 5.14. The smallest absolute Gasteiger partial charge is 0.251 e. The summed E-state index contributed by atoms with van der Waals surface area (Å²) in [5, 5.41) is -0.143. The Bertz CT molecular complexity index is 437. The molecular formula is C11H15N3OS. The van der Waals surface area contributed by atoms with Gasteiger partial charge in [-0.25, -0.2) is 5.84 Å². The first-order chi connectivity index (χ1) is 7.54. The van der Waals surface area contributed by atoms with E-state index in [-0.39, 0.29) is 16.5 Å². The number of hydrogen-bond acceptors (Lipinski definition) is 4. The summed E-state index contributed by atoms with van der Waals surface area (Å²) < 4.78 is 0. The molecule has 2 aliphatic rings. The largest absolute Gasteiger partial charge is 0.293 e. The molecule has 2 rings (SSSR count). The summed E-state index contributed by atoms with van der Waals surface area (Å²) in [6.45, 7) is 6.02. The molecule has 0 fully saturated rings. The maximum atomic E-state index is 11.6. The monoisotopic (exact) mass is 237 g/mol. The normalized spacial score (nSPS) is 28.5. The molecule has 0 aliphatic carbocycles. The van der Waals surface area contributed by atoms with Crippen molar-refractivity contribution in [3.8, 4) is 0 Å². The van der Waals surface area contributed by atoms with Gasteiger partial charge in [-0.05, 0) is 43.6 Å². The molecule has 5 heteroatoms. The van der Waals surface area contributed by atoms with Crippen LogP contribution < -0.4 is 11.3 Å². The van der Waals surface area contributed by atoms with E-state index in [0.717, 1.165) is 11.3 Å². The number of thioether (sulfide) groups is 1. The van der Waals surface area contributed by atoms with Crippen molar-refractivity contribution >= 4 is 23.4 Å². The molecule has 2 atom stereocenters. The quantitative estimate of drug-likeness (QED) is 0.408. The SMILES string of the molecule is CC1=CC(C)=NC2SC(C(=O)NN)C(C)=C12. The van der Waals surface area contributed by atoms with Crippen LogP contribution in [0.3, 0.4) is 0 Å². The van der Waals surface area contributed by atoms with Crippen LogP contribution in [-0.4, -0.2) is 22.2 Å². The highest BCUT2D eigenvalue weighted by Crippen LogP contribution is 2.44. The highest BCUT2D eigenvalue weighted by molar-refractivity contribution is 8.01. The van der Waals surface area contributed by atoms with Crippen LogP contribution in [0.25, 0.3) is 0 Å². The lowest BCUT2D eigenvalue weighted by Gasteiger charge is -2.16. The van der Waals surface area contributed by atoms with E-state index in [1.54, 1.807) is 11.8 Å². The molecule has 2 heterocycles. The lowest BCUT2D eigenvalue weighted by Crippen LogP contribution is -2.37. The van der Waals surface area contributed by atoms with Crippen molar-refractivity contribution in [3.63, 3.8) is 0 Å². The van der Waals surface area contributed by atoms with Gasteiger partial charge in [-0.3, -0.25) is 15.2 Å². The number of carbonyl (C=O) groups is 1. The Morgan fingerprint density at radius 1 is 1.50 bits per heavy atom. The van der Waals surface area contributed by atoms with Crippen molar-refractivity contribution in [1.82, 2.24) is 5.43 Å². The average molecular weight is 237 g/mol. The first kappa shape index (κ1) is 11.4. The maximum Gasteiger partial charge on any atom is 0.251 e. The summed E-state index contributed by atoms with van der Waals surface area (Å²) in [6.07, 6.45) is 2.05. The van der Waals surface area contributed by atoms with E-state index in [2.05, 4.69) is 23.4 Å². The molecule has 0 saturated heterocycles. The highest BCUT2D eigenvalue weighted by atomic mass is 32.2. The van der Waals surface area contributed by atoms with E-state index in [9.17, 15) is 4.79 Å². The van der Waals surface area contributed by atoms with E-state index in [4.69, 9.17) is 5.84 Å². The third kappa shape index (κ3) is 1.70. The van der Waals surface area contributed by atoms with Crippen LogP contribution in [0.1, 0.15) is 20.8 Å². The number of nitrogens with one attached hydrogen (secondary N) is 1. The average Bonchev–Trinajstić information content (AvgIpc) is 2.54. The standard InChI is InChI=1S/C11H15N3OS/c1-5-4-6(2)13-11-8(5)7(3)9(16-11)10(15)14-12/h4,9,11H,12H2,1-3H3,(H,14,15). The van der Waals surface area contributed by atoms with Gasteiger partial charge in [-0.2, -0.15) is 0 Å². The molecule has 3 N–H and O–H groups in total. The number of allylic oxidation sites excluding steroid dienone is 1. The van der Waals surface area contributed by atoms with Crippen molar-refractivity contribution in [1.29, 1.82) is 0 Å². The molecule has 0 aromatic carbocycles. The number of amides is 1. The molecule has 0 bridgehead atoms. The van der Waals surface area contributed by atoms with E-state index in [0.29, 0.717) is 0 Å². The Hall–Kier alpha value is -1.07. The molecular weight excluding hydrogens is 222 g/mol. The summed E-state index contributed by atoms with van der Waals surface area (Å²) in [7, 11) is 0. The van der Waals surface area contributed by atoms with Crippen molar-refractivity contribution in [2.24, 2.45) is 10.8 Å². The third-order valence-corrected chi connectivity index (χ3v) is 4.32. The summed E-state index contributed by atoms with van der Waals surface area (Å²) in [5.74, 6) is 5.03. The molecule has 0 radical (unpaired) electrons. The van der Waals surface area contributed by atoms with E-state index < -0.39 is 0 Å². The fraction of sp³-hybridized carbons (Fsp3) is 0.455. The fourth-order valence-electron chi connectivity index (χ4n) is 2.18. The minimum atomic E-state index is -0.206. The number of rotatable bonds is 1. The zero-order valence-electron chi connectivity index (χ0n) is 9.57. The molecule has 0 spiro atoms. The van der Waals surface area contributed by atoms with Crippen molar-refractivity contribution in [2.75, 3.05) is 0 Å². The minimum absolute atomic E-state index is 0.0623. The van der Waals surface area contributed by atoms with Gasteiger partial charge in [0.2, 0.25) is 0 Å². The molecule has 2 aliphatic heterocycles. The van der Waals surface area contributed by atoms with E-state index >= 15 is 0 Å². The number of hydrogen-bond donors (Lipinski definition) is 2. The molecule has 0 aromatic heterocycles.